The van der Waals surface area contributed by atoms with Crippen molar-refractivity contribution in [2.75, 3.05) is 26.2 Å². The fourth-order valence-corrected chi connectivity index (χ4v) is 3.88. The van der Waals surface area contributed by atoms with Crippen molar-refractivity contribution in [1.29, 1.82) is 0 Å². The van der Waals surface area contributed by atoms with E-state index < -0.39 is 0 Å². The zero-order chi connectivity index (χ0) is 22.3. The Morgan fingerprint density at radius 2 is 1.88 bits per heavy atom. The number of amides is 1. The maximum atomic E-state index is 12.1. The van der Waals surface area contributed by atoms with E-state index in [1.165, 1.54) is 24.8 Å². The van der Waals surface area contributed by atoms with Gasteiger partial charge in [-0.1, -0.05) is 41.4 Å². The molecule has 2 aromatic carbocycles. The molecule has 2 heterocycles. The van der Waals surface area contributed by atoms with E-state index >= 15 is 0 Å². The van der Waals surface area contributed by atoms with Crippen LogP contribution in [-0.4, -0.2) is 53.2 Å². The van der Waals surface area contributed by atoms with Gasteiger partial charge in [0.25, 0.3) is 11.8 Å². The lowest BCUT2D eigenvalue weighted by molar-refractivity contribution is -0.123. The maximum absolute atomic E-state index is 12.1. The summed E-state index contributed by atoms with van der Waals surface area (Å²) in [6.07, 6.45) is 3.79. The molecule has 3 aromatic rings. The molecular weight excluding hydrogens is 404 g/mol. The molecule has 1 atom stereocenters. The van der Waals surface area contributed by atoms with Crippen LogP contribution in [0.25, 0.3) is 22.8 Å². The Labute approximate surface area is 188 Å². The third-order valence-corrected chi connectivity index (χ3v) is 5.87. The number of rotatable bonds is 8. The zero-order valence-corrected chi connectivity index (χ0v) is 18.7. The number of hydrogen-bond donors (Lipinski definition) is 1. The van der Waals surface area contributed by atoms with Crippen molar-refractivity contribution in [3.8, 4) is 28.6 Å². The summed E-state index contributed by atoms with van der Waals surface area (Å²) in [6, 6.07) is 15.9. The molecule has 1 aliphatic heterocycles. The van der Waals surface area contributed by atoms with Crippen molar-refractivity contribution in [2.45, 2.75) is 39.2 Å². The van der Waals surface area contributed by atoms with Gasteiger partial charge in [0.15, 0.2) is 6.61 Å². The highest BCUT2D eigenvalue weighted by Crippen LogP contribution is 2.24. The van der Waals surface area contributed by atoms with Crippen LogP contribution in [0.4, 0.5) is 0 Å². The largest absolute Gasteiger partial charge is 0.484 e. The van der Waals surface area contributed by atoms with Crippen LogP contribution in [0.3, 0.4) is 0 Å². The van der Waals surface area contributed by atoms with Crippen molar-refractivity contribution in [1.82, 2.24) is 20.4 Å². The van der Waals surface area contributed by atoms with Crippen LogP contribution in [0.5, 0.6) is 5.75 Å². The minimum Gasteiger partial charge on any atom is -0.484 e. The molecule has 4 rings (SSSR count). The monoisotopic (exact) mass is 434 g/mol. The van der Waals surface area contributed by atoms with Crippen molar-refractivity contribution < 1.29 is 14.1 Å². The van der Waals surface area contributed by atoms with Gasteiger partial charge in [0, 0.05) is 30.3 Å². The van der Waals surface area contributed by atoms with Gasteiger partial charge in [0.2, 0.25) is 5.82 Å². The number of ether oxygens (including phenoxy) is 1. The predicted molar refractivity (Wildman–Crippen MR) is 123 cm³/mol. The number of carbonyl (C=O) groups excluding carboxylic acids is 1. The second kappa shape index (κ2) is 10.4. The van der Waals surface area contributed by atoms with Crippen LogP contribution in [0, 0.1) is 6.92 Å². The fraction of sp³-hybridized carbons (Fsp3) is 0.400. The maximum Gasteiger partial charge on any atom is 0.258 e. The summed E-state index contributed by atoms with van der Waals surface area (Å²) in [5.74, 6) is 1.50. The second-order valence-corrected chi connectivity index (χ2v) is 8.33. The van der Waals surface area contributed by atoms with Crippen molar-refractivity contribution >= 4 is 5.91 Å². The van der Waals surface area contributed by atoms with Crippen molar-refractivity contribution in [2.24, 2.45) is 0 Å². The number of aromatic nitrogens is 2. The first-order valence-corrected chi connectivity index (χ1v) is 11.2. The molecule has 0 bridgehead atoms. The minimum absolute atomic E-state index is 0.00691. The molecule has 0 aliphatic carbocycles. The Morgan fingerprint density at radius 1 is 1.12 bits per heavy atom. The molecule has 0 radical (unpaired) electrons. The Morgan fingerprint density at radius 3 is 2.62 bits per heavy atom. The number of benzene rings is 2. The normalized spacial score (nSPS) is 16.6. The summed E-state index contributed by atoms with van der Waals surface area (Å²) >= 11 is 0. The molecule has 1 aliphatic rings. The third-order valence-electron chi connectivity index (χ3n) is 5.87. The second-order valence-electron chi connectivity index (χ2n) is 8.33. The molecule has 1 N–H and O–H groups in total. The topological polar surface area (TPSA) is 80.5 Å². The Balaban J connectivity index is 1.24. The minimum atomic E-state index is -0.113. The Hall–Kier alpha value is -3.19. The Bertz CT molecular complexity index is 1010. The van der Waals surface area contributed by atoms with Gasteiger partial charge < -0.3 is 14.6 Å². The number of nitrogens with one attached hydrogen (secondary N) is 1. The molecule has 1 aromatic heterocycles. The van der Waals surface area contributed by atoms with E-state index in [4.69, 9.17) is 9.26 Å². The summed E-state index contributed by atoms with van der Waals surface area (Å²) < 4.78 is 11.0. The summed E-state index contributed by atoms with van der Waals surface area (Å²) in [7, 11) is 0. The lowest BCUT2D eigenvalue weighted by Gasteiger charge is -2.33. The van der Waals surface area contributed by atoms with E-state index in [1.54, 1.807) is 12.1 Å². The van der Waals surface area contributed by atoms with Crippen LogP contribution >= 0.6 is 0 Å². The van der Waals surface area contributed by atoms with Crippen LogP contribution in [0.1, 0.15) is 31.7 Å². The third kappa shape index (κ3) is 5.73. The molecule has 168 valence electrons. The van der Waals surface area contributed by atoms with Gasteiger partial charge in [-0.3, -0.25) is 9.69 Å². The standard InChI is InChI=1S/C25H30N4O3/c1-18-6-8-20(9-7-18)24-27-25(32-28-24)21-10-12-22(13-11-21)31-17-23(30)26-14-16-29-15-4-3-5-19(29)2/h6-13,19H,3-5,14-17H2,1-2H3,(H,26,30). The smallest absolute Gasteiger partial charge is 0.258 e. The number of nitrogens with zero attached hydrogens (tertiary/aromatic N) is 3. The first-order chi connectivity index (χ1) is 15.6. The van der Waals surface area contributed by atoms with Gasteiger partial charge in [-0.15, -0.1) is 0 Å². The van der Waals surface area contributed by atoms with E-state index in [9.17, 15) is 4.79 Å². The molecule has 32 heavy (non-hydrogen) atoms. The summed E-state index contributed by atoms with van der Waals surface area (Å²) in [5, 5.41) is 7.01. The van der Waals surface area contributed by atoms with Gasteiger partial charge >= 0.3 is 0 Å². The fourth-order valence-electron chi connectivity index (χ4n) is 3.88. The highest BCUT2D eigenvalue weighted by atomic mass is 16.5. The lowest BCUT2D eigenvalue weighted by atomic mass is 10.0. The number of piperidine rings is 1. The first-order valence-electron chi connectivity index (χ1n) is 11.2. The highest BCUT2D eigenvalue weighted by molar-refractivity contribution is 5.77. The Kier molecular flexibility index (Phi) is 7.17. The molecule has 7 heteroatoms. The van der Waals surface area contributed by atoms with Crippen LogP contribution < -0.4 is 10.1 Å². The van der Waals surface area contributed by atoms with Gasteiger partial charge in [-0.05, 0) is 57.5 Å². The van der Waals surface area contributed by atoms with Gasteiger partial charge in [0.05, 0.1) is 0 Å². The molecule has 0 saturated carbocycles. The molecule has 7 nitrogen and oxygen atoms in total. The predicted octanol–water partition coefficient (Wildman–Crippen LogP) is 4.08. The molecule has 1 amide bonds. The van der Waals surface area contributed by atoms with Gasteiger partial charge in [0.1, 0.15) is 5.75 Å². The zero-order valence-electron chi connectivity index (χ0n) is 18.7. The first kappa shape index (κ1) is 22.0. The lowest BCUT2D eigenvalue weighted by Crippen LogP contribution is -2.43. The highest BCUT2D eigenvalue weighted by Gasteiger charge is 2.17. The summed E-state index contributed by atoms with van der Waals surface area (Å²) in [4.78, 5) is 19.0. The van der Waals surface area contributed by atoms with E-state index in [0.29, 0.717) is 30.1 Å². The average molecular weight is 435 g/mol. The van der Waals surface area contributed by atoms with Crippen molar-refractivity contribution in [3.05, 3.63) is 54.1 Å². The van der Waals surface area contributed by atoms with E-state index in [-0.39, 0.29) is 12.5 Å². The number of carbonyl (C=O) groups is 1. The van der Waals surface area contributed by atoms with Crippen LogP contribution in [0.15, 0.2) is 53.1 Å². The van der Waals surface area contributed by atoms with Crippen molar-refractivity contribution in [3.63, 3.8) is 0 Å². The van der Waals surface area contributed by atoms with E-state index in [1.807, 2.05) is 43.3 Å². The number of aryl methyl sites for hydroxylation is 1. The van der Waals surface area contributed by atoms with Crippen LogP contribution in [0.2, 0.25) is 0 Å². The molecule has 1 saturated heterocycles. The molecular formula is C25H30N4O3. The molecule has 1 fully saturated rings. The van der Waals surface area contributed by atoms with Gasteiger partial charge in [-0.2, -0.15) is 4.98 Å². The average Bonchev–Trinajstić information content (AvgIpc) is 3.30. The number of likely N-dealkylation sites (tertiary alicyclic amines) is 1. The molecule has 0 spiro atoms. The van der Waals surface area contributed by atoms with E-state index in [2.05, 4.69) is 27.3 Å². The van der Waals surface area contributed by atoms with Crippen LogP contribution in [-0.2, 0) is 4.79 Å². The summed E-state index contributed by atoms with van der Waals surface area (Å²) in [5.41, 5.74) is 2.88. The molecule has 1 unspecified atom stereocenters. The number of hydrogen-bond acceptors (Lipinski definition) is 6. The quantitative estimate of drug-likeness (QED) is 0.575. The summed E-state index contributed by atoms with van der Waals surface area (Å²) in [6.45, 7) is 6.93. The SMILES string of the molecule is Cc1ccc(-c2noc(-c3ccc(OCC(=O)NCCN4CCCCC4C)cc3)n2)cc1. The van der Waals surface area contributed by atoms with Gasteiger partial charge in [-0.25, -0.2) is 0 Å². The van der Waals surface area contributed by atoms with E-state index in [0.717, 1.165) is 24.2 Å².